The Balaban J connectivity index is 1.78. The Morgan fingerprint density at radius 1 is 1.39 bits per heavy atom. The predicted octanol–water partition coefficient (Wildman–Crippen LogP) is 1.63. The maximum atomic E-state index is 5.66. The van der Waals surface area contributed by atoms with Crippen LogP contribution in [-0.2, 0) is 0 Å². The molecular formula is C12H14N4O2. The summed E-state index contributed by atoms with van der Waals surface area (Å²) in [4.78, 5) is 0. The van der Waals surface area contributed by atoms with Gasteiger partial charge in [0.15, 0.2) is 0 Å². The van der Waals surface area contributed by atoms with E-state index < -0.39 is 0 Å². The Kier molecular flexibility index (Phi) is 2.64. The van der Waals surface area contributed by atoms with Gasteiger partial charge in [-0.1, -0.05) is 23.3 Å². The van der Waals surface area contributed by atoms with E-state index >= 15 is 0 Å². The summed E-state index contributed by atoms with van der Waals surface area (Å²) >= 11 is 0. The Morgan fingerprint density at radius 2 is 2.22 bits per heavy atom. The van der Waals surface area contributed by atoms with Crippen molar-refractivity contribution in [3.8, 4) is 5.75 Å². The van der Waals surface area contributed by atoms with Crippen LogP contribution in [0.1, 0.15) is 30.5 Å². The van der Waals surface area contributed by atoms with Crippen molar-refractivity contribution >= 4 is 6.01 Å². The Bertz CT molecular complexity index is 553. The van der Waals surface area contributed by atoms with Gasteiger partial charge in [0, 0.05) is 5.56 Å². The molecule has 3 rings (SSSR count). The van der Waals surface area contributed by atoms with Crippen molar-refractivity contribution in [1.29, 1.82) is 0 Å². The second kappa shape index (κ2) is 4.30. The number of hydrogen-bond acceptors (Lipinski definition) is 6. The summed E-state index contributed by atoms with van der Waals surface area (Å²) in [5.74, 6) is 1.31. The fourth-order valence-electron chi connectivity index (χ4n) is 1.91. The molecule has 2 unspecified atom stereocenters. The molecule has 1 aliphatic rings. The number of anilines is 1. The number of benzene rings is 1. The summed E-state index contributed by atoms with van der Waals surface area (Å²) in [6, 6.07) is 8.02. The van der Waals surface area contributed by atoms with Crippen molar-refractivity contribution in [1.82, 2.24) is 10.2 Å². The van der Waals surface area contributed by atoms with E-state index in [1.54, 1.807) is 6.92 Å². The molecule has 0 aliphatic carbocycles. The smallest absolute Gasteiger partial charge is 0.316 e. The van der Waals surface area contributed by atoms with E-state index in [0.29, 0.717) is 18.5 Å². The fraction of sp³-hybridized carbons (Fsp3) is 0.333. The maximum Gasteiger partial charge on any atom is 0.316 e. The molecule has 6 nitrogen and oxygen atoms in total. The van der Waals surface area contributed by atoms with Crippen LogP contribution < -0.4 is 15.8 Å². The number of para-hydroxylation sites is 1. The van der Waals surface area contributed by atoms with Gasteiger partial charge in [0.1, 0.15) is 12.4 Å². The lowest BCUT2D eigenvalue weighted by molar-refractivity contribution is 0.337. The summed E-state index contributed by atoms with van der Waals surface area (Å²) in [7, 11) is 0. The van der Waals surface area contributed by atoms with Gasteiger partial charge in [0.25, 0.3) is 0 Å². The lowest BCUT2D eigenvalue weighted by atomic mass is 10.1. The van der Waals surface area contributed by atoms with Gasteiger partial charge in [0.05, 0.1) is 12.1 Å². The topological polar surface area (TPSA) is 86.2 Å². The van der Waals surface area contributed by atoms with Crippen LogP contribution in [0.25, 0.3) is 0 Å². The van der Waals surface area contributed by atoms with Gasteiger partial charge < -0.3 is 20.2 Å². The Labute approximate surface area is 104 Å². The van der Waals surface area contributed by atoms with E-state index in [4.69, 9.17) is 14.9 Å². The van der Waals surface area contributed by atoms with Gasteiger partial charge in [-0.3, -0.25) is 0 Å². The number of ether oxygens (including phenoxy) is 1. The molecule has 2 atom stereocenters. The average Bonchev–Trinajstić information content (AvgIpc) is 2.98. The molecule has 94 valence electrons. The first-order chi connectivity index (χ1) is 8.74. The van der Waals surface area contributed by atoms with E-state index in [1.807, 2.05) is 24.3 Å². The molecule has 0 bridgehead atoms. The molecule has 1 aliphatic heterocycles. The van der Waals surface area contributed by atoms with Crippen LogP contribution in [0.4, 0.5) is 6.01 Å². The number of fused-ring (bicyclic) bond motifs is 1. The zero-order valence-corrected chi connectivity index (χ0v) is 9.96. The zero-order chi connectivity index (χ0) is 12.5. The minimum Gasteiger partial charge on any atom is -0.491 e. The fourth-order valence-corrected chi connectivity index (χ4v) is 1.91. The number of nitrogens with two attached hydrogens (primary N) is 1. The lowest BCUT2D eigenvalue weighted by Crippen LogP contribution is -2.12. The van der Waals surface area contributed by atoms with Crippen molar-refractivity contribution in [3.63, 3.8) is 0 Å². The molecule has 0 saturated carbocycles. The largest absolute Gasteiger partial charge is 0.491 e. The number of rotatable bonds is 3. The molecule has 1 aromatic carbocycles. The molecule has 18 heavy (non-hydrogen) atoms. The second-order valence-corrected chi connectivity index (χ2v) is 4.28. The first-order valence-electron chi connectivity index (χ1n) is 5.81. The Morgan fingerprint density at radius 3 is 3.00 bits per heavy atom. The summed E-state index contributed by atoms with van der Waals surface area (Å²) < 4.78 is 11.0. The van der Waals surface area contributed by atoms with Crippen LogP contribution in [0, 0.1) is 0 Å². The molecule has 2 heterocycles. The molecule has 1 aromatic heterocycles. The Hall–Kier alpha value is -2.08. The molecule has 6 heteroatoms. The van der Waals surface area contributed by atoms with E-state index in [0.717, 1.165) is 11.3 Å². The van der Waals surface area contributed by atoms with Crippen LogP contribution in [0.3, 0.4) is 0 Å². The van der Waals surface area contributed by atoms with Crippen LogP contribution in [0.5, 0.6) is 5.75 Å². The SMILES string of the molecule is CC(N)c1nnc(NC2COc3ccccc32)o1. The summed E-state index contributed by atoms with van der Waals surface area (Å²) in [5.41, 5.74) is 6.76. The highest BCUT2D eigenvalue weighted by molar-refractivity contribution is 5.43. The lowest BCUT2D eigenvalue weighted by Gasteiger charge is -2.08. The first kappa shape index (κ1) is 11.0. The zero-order valence-electron chi connectivity index (χ0n) is 9.96. The van der Waals surface area contributed by atoms with Crippen molar-refractivity contribution in [2.24, 2.45) is 5.73 Å². The van der Waals surface area contributed by atoms with Crippen LogP contribution in [-0.4, -0.2) is 16.8 Å². The standard InChI is InChI=1S/C12H14N4O2/c1-7(13)11-15-16-12(18-11)14-9-6-17-10-5-3-2-4-8(9)10/h2-5,7,9H,6,13H2,1H3,(H,14,16). The first-order valence-corrected chi connectivity index (χ1v) is 5.81. The number of nitrogens with zero attached hydrogens (tertiary/aromatic N) is 2. The van der Waals surface area contributed by atoms with Crippen LogP contribution >= 0.6 is 0 Å². The van der Waals surface area contributed by atoms with Gasteiger partial charge in [-0.25, -0.2) is 0 Å². The third-order valence-corrected chi connectivity index (χ3v) is 2.83. The molecule has 0 amide bonds. The van der Waals surface area contributed by atoms with Gasteiger partial charge in [-0.2, -0.15) is 0 Å². The van der Waals surface area contributed by atoms with E-state index in [1.165, 1.54) is 0 Å². The van der Waals surface area contributed by atoms with Crippen LogP contribution in [0.15, 0.2) is 28.7 Å². The van der Waals surface area contributed by atoms with Crippen molar-refractivity contribution < 1.29 is 9.15 Å². The summed E-state index contributed by atoms with van der Waals surface area (Å²) in [6.07, 6.45) is 0. The predicted molar refractivity (Wildman–Crippen MR) is 65.2 cm³/mol. The average molecular weight is 246 g/mol. The summed E-state index contributed by atoms with van der Waals surface area (Å²) in [6.45, 7) is 2.35. The van der Waals surface area contributed by atoms with Gasteiger partial charge in [-0.15, -0.1) is 5.10 Å². The molecule has 2 aromatic rings. The highest BCUT2D eigenvalue weighted by Crippen LogP contribution is 2.33. The molecule has 0 fully saturated rings. The molecular weight excluding hydrogens is 232 g/mol. The minimum atomic E-state index is -0.264. The molecule has 0 radical (unpaired) electrons. The van der Waals surface area contributed by atoms with E-state index in [2.05, 4.69) is 15.5 Å². The van der Waals surface area contributed by atoms with Gasteiger partial charge in [-0.05, 0) is 13.0 Å². The number of hydrogen-bond donors (Lipinski definition) is 2. The number of nitrogens with one attached hydrogen (secondary N) is 1. The third-order valence-electron chi connectivity index (χ3n) is 2.83. The quantitative estimate of drug-likeness (QED) is 0.856. The normalized spacial score (nSPS) is 19.1. The third kappa shape index (κ3) is 1.91. The van der Waals surface area contributed by atoms with E-state index in [9.17, 15) is 0 Å². The highest BCUT2D eigenvalue weighted by atomic mass is 16.5. The molecule has 0 spiro atoms. The monoisotopic (exact) mass is 246 g/mol. The maximum absolute atomic E-state index is 5.66. The van der Waals surface area contributed by atoms with Crippen molar-refractivity contribution in [2.75, 3.05) is 11.9 Å². The number of aromatic nitrogens is 2. The van der Waals surface area contributed by atoms with Crippen molar-refractivity contribution in [3.05, 3.63) is 35.7 Å². The highest BCUT2D eigenvalue weighted by Gasteiger charge is 2.25. The van der Waals surface area contributed by atoms with Crippen molar-refractivity contribution in [2.45, 2.75) is 19.0 Å². The minimum absolute atomic E-state index is 0.0302. The summed E-state index contributed by atoms with van der Waals surface area (Å²) in [5, 5.41) is 10.9. The van der Waals surface area contributed by atoms with Gasteiger partial charge in [0.2, 0.25) is 5.89 Å². The second-order valence-electron chi connectivity index (χ2n) is 4.28. The molecule has 0 saturated heterocycles. The van der Waals surface area contributed by atoms with Crippen LogP contribution in [0.2, 0.25) is 0 Å². The van der Waals surface area contributed by atoms with Gasteiger partial charge >= 0.3 is 6.01 Å². The molecule has 3 N–H and O–H groups in total. The van der Waals surface area contributed by atoms with E-state index in [-0.39, 0.29) is 12.1 Å².